The lowest BCUT2D eigenvalue weighted by Gasteiger charge is -2.53. The lowest BCUT2D eigenvalue weighted by atomic mass is 9.51. The van der Waals surface area contributed by atoms with Crippen molar-refractivity contribution in [1.82, 2.24) is 0 Å². The van der Waals surface area contributed by atoms with Crippen LogP contribution in [0, 0.1) is 41.4 Å². The van der Waals surface area contributed by atoms with Crippen LogP contribution in [0.4, 0.5) is 0 Å². The summed E-state index contributed by atoms with van der Waals surface area (Å²) in [4.78, 5) is 10.7. The van der Waals surface area contributed by atoms with Gasteiger partial charge in [-0.05, 0) is 62.2 Å². The highest BCUT2D eigenvalue weighted by molar-refractivity contribution is 5.66. The van der Waals surface area contributed by atoms with E-state index in [9.17, 15) is 15.0 Å². The average Bonchev–Trinajstić information content (AvgIpc) is 2.66. The number of unbranched alkanes of at least 4 members (excludes halogenated alkanes) is 1. The number of hydrogen-bond donors (Lipinski definition) is 3. The molecule has 3 saturated carbocycles. The Morgan fingerprint density at radius 2 is 1.96 bits per heavy atom. The molecule has 4 nitrogen and oxygen atoms in total. The third-order valence-corrected chi connectivity index (χ3v) is 7.07. The van der Waals surface area contributed by atoms with Gasteiger partial charge in [0.05, 0.1) is 12.0 Å². The second-order valence-electron chi connectivity index (χ2n) is 8.76. The van der Waals surface area contributed by atoms with Crippen LogP contribution >= 0.6 is 0 Å². The maximum Gasteiger partial charge on any atom is 0.303 e. The van der Waals surface area contributed by atoms with E-state index in [1.807, 2.05) is 0 Å². The van der Waals surface area contributed by atoms with Gasteiger partial charge in [0.15, 0.2) is 0 Å². The summed E-state index contributed by atoms with van der Waals surface area (Å²) in [7, 11) is 0. The van der Waals surface area contributed by atoms with Gasteiger partial charge < -0.3 is 15.3 Å². The molecule has 0 aliphatic heterocycles. The van der Waals surface area contributed by atoms with Crippen LogP contribution in [0.25, 0.3) is 0 Å². The predicted octanol–water partition coefficient (Wildman–Crippen LogP) is 3.77. The van der Waals surface area contributed by atoms with Crippen LogP contribution in [0.1, 0.15) is 71.1 Å². The molecule has 0 spiro atoms. The van der Waals surface area contributed by atoms with Crippen LogP contribution in [0.3, 0.4) is 0 Å². The van der Waals surface area contributed by atoms with E-state index in [1.54, 1.807) is 0 Å². The zero-order valence-corrected chi connectivity index (χ0v) is 16.4. The molecule has 4 heteroatoms. The molecule has 27 heavy (non-hydrogen) atoms. The van der Waals surface area contributed by atoms with Gasteiger partial charge in [-0.1, -0.05) is 49.7 Å². The van der Waals surface area contributed by atoms with E-state index in [4.69, 9.17) is 5.11 Å². The van der Waals surface area contributed by atoms with Crippen molar-refractivity contribution in [3.05, 3.63) is 11.6 Å². The number of fused-ring (bicyclic) bond motifs is 1. The van der Waals surface area contributed by atoms with Crippen LogP contribution in [0.15, 0.2) is 11.6 Å². The highest BCUT2D eigenvalue weighted by Crippen LogP contribution is 2.55. The number of hydrogen-bond acceptors (Lipinski definition) is 3. The van der Waals surface area contributed by atoms with E-state index >= 15 is 0 Å². The highest BCUT2D eigenvalue weighted by Gasteiger charge is 2.50. The van der Waals surface area contributed by atoms with Crippen molar-refractivity contribution in [3.63, 3.8) is 0 Å². The van der Waals surface area contributed by atoms with Crippen molar-refractivity contribution in [3.8, 4) is 11.8 Å². The number of rotatable bonds is 5. The second-order valence-corrected chi connectivity index (χ2v) is 8.76. The first-order valence-corrected chi connectivity index (χ1v) is 10.8. The van der Waals surface area contributed by atoms with Crippen LogP contribution < -0.4 is 0 Å². The Morgan fingerprint density at radius 1 is 1.22 bits per heavy atom. The van der Waals surface area contributed by atoms with Gasteiger partial charge in [0, 0.05) is 6.42 Å². The molecule has 0 unspecified atom stereocenters. The molecule has 3 N–H and O–H groups in total. The first-order chi connectivity index (χ1) is 13.0. The van der Waals surface area contributed by atoms with E-state index < -0.39 is 18.2 Å². The predicted molar refractivity (Wildman–Crippen MR) is 105 cm³/mol. The lowest BCUT2D eigenvalue weighted by molar-refractivity contribution is -0.137. The summed E-state index contributed by atoms with van der Waals surface area (Å²) >= 11 is 0. The van der Waals surface area contributed by atoms with Crippen LogP contribution in [0.5, 0.6) is 0 Å². The molecule has 0 amide bonds. The molecule has 150 valence electrons. The Balaban J connectivity index is 1.61. The van der Waals surface area contributed by atoms with Crippen molar-refractivity contribution < 1.29 is 20.1 Å². The number of carboxylic acid groups (broad SMARTS) is 1. The smallest absolute Gasteiger partial charge is 0.303 e. The molecule has 0 aromatic rings. The van der Waals surface area contributed by atoms with E-state index in [-0.39, 0.29) is 12.3 Å². The van der Waals surface area contributed by atoms with Gasteiger partial charge in [-0.2, -0.15) is 0 Å². The third-order valence-electron chi connectivity index (χ3n) is 7.07. The minimum Gasteiger partial charge on any atom is -0.481 e. The fraction of sp³-hybridized carbons (Fsp3) is 0.783. The van der Waals surface area contributed by atoms with Crippen molar-refractivity contribution in [2.45, 2.75) is 83.3 Å². The summed E-state index contributed by atoms with van der Waals surface area (Å²) in [5, 5.41) is 29.7. The zero-order chi connectivity index (χ0) is 19.4. The van der Waals surface area contributed by atoms with Gasteiger partial charge in [0.25, 0.3) is 0 Å². The van der Waals surface area contributed by atoms with Gasteiger partial charge in [-0.25, -0.2) is 0 Å². The molecule has 0 saturated heterocycles. The fourth-order valence-corrected chi connectivity index (χ4v) is 5.52. The highest BCUT2D eigenvalue weighted by atomic mass is 16.4. The number of allylic oxidation sites excluding steroid dienone is 2. The molecular formula is C23H34O4. The van der Waals surface area contributed by atoms with Crippen molar-refractivity contribution in [2.75, 3.05) is 0 Å². The minimum atomic E-state index is -0.736. The molecular weight excluding hydrogens is 340 g/mol. The summed E-state index contributed by atoms with van der Waals surface area (Å²) < 4.78 is 0. The summed E-state index contributed by atoms with van der Waals surface area (Å²) in [5.74, 6) is 7.12. The maximum atomic E-state index is 10.7. The lowest BCUT2D eigenvalue weighted by Crippen LogP contribution is -2.50. The first kappa shape index (κ1) is 20.4. The second kappa shape index (κ2) is 9.26. The Kier molecular flexibility index (Phi) is 7.00. The molecule has 3 fully saturated rings. The molecule has 0 bridgehead atoms. The maximum absolute atomic E-state index is 10.7. The van der Waals surface area contributed by atoms with E-state index in [0.29, 0.717) is 30.1 Å². The quantitative estimate of drug-likeness (QED) is 0.389. The van der Waals surface area contributed by atoms with Crippen molar-refractivity contribution >= 4 is 5.97 Å². The number of aliphatic hydroxyl groups is 2. The first-order valence-electron chi connectivity index (χ1n) is 10.8. The van der Waals surface area contributed by atoms with Crippen LogP contribution in [0.2, 0.25) is 0 Å². The van der Waals surface area contributed by atoms with Crippen LogP contribution in [-0.2, 0) is 4.79 Å². The largest absolute Gasteiger partial charge is 0.481 e. The molecule has 0 radical (unpaired) electrons. The summed E-state index contributed by atoms with van der Waals surface area (Å²) in [5.41, 5.74) is 1.43. The van der Waals surface area contributed by atoms with E-state index in [0.717, 1.165) is 32.1 Å². The number of aliphatic carboxylic acids is 1. The number of aliphatic hydroxyl groups excluding tert-OH is 2. The molecule has 3 rings (SSSR count). The average molecular weight is 375 g/mol. The van der Waals surface area contributed by atoms with Crippen molar-refractivity contribution in [2.24, 2.45) is 29.6 Å². The van der Waals surface area contributed by atoms with Gasteiger partial charge in [0.1, 0.15) is 6.10 Å². The molecule has 0 heterocycles. The fourth-order valence-electron chi connectivity index (χ4n) is 5.52. The molecule has 3 aliphatic rings. The Labute approximate surface area is 163 Å². The minimum absolute atomic E-state index is 0.0480. The van der Waals surface area contributed by atoms with Crippen LogP contribution in [-0.4, -0.2) is 33.5 Å². The summed E-state index contributed by atoms with van der Waals surface area (Å²) in [6.07, 6.45) is 10.5. The van der Waals surface area contributed by atoms with Gasteiger partial charge in [-0.15, -0.1) is 0 Å². The monoisotopic (exact) mass is 374 g/mol. The van der Waals surface area contributed by atoms with Gasteiger partial charge in [0.2, 0.25) is 0 Å². The standard InChI is InChI=1S/C23H34O4/c1-15-17(9-5-6-10-22(26)27)18-11-14-21(25)19(23(15)18)12-13-20(24)16-7-3-2-4-8-16/h9,15-16,18-21,23-25H,2-8,10-11,14H2,1H3,(H,26,27)/b17-9-/t15-,18+,19-,20-,21+,23-/m1/s1. The molecule has 6 atom stereocenters. The van der Waals surface area contributed by atoms with E-state index in [2.05, 4.69) is 24.8 Å². The van der Waals surface area contributed by atoms with E-state index in [1.165, 1.54) is 24.8 Å². The molecule has 3 aliphatic carbocycles. The Bertz CT molecular complexity index is 608. The topological polar surface area (TPSA) is 77.8 Å². The third kappa shape index (κ3) is 4.76. The SMILES string of the molecule is C[C@@H]1/C(=C/CCCC(=O)O)[C@@H]2CC[C@H](O)[C@@H](C#C[C@@H](O)C3CCCCC3)[C@H]12. The van der Waals surface area contributed by atoms with Gasteiger partial charge >= 0.3 is 5.97 Å². The zero-order valence-electron chi connectivity index (χ0n) is 16.4. The van der Waals surface area contributed by atoms with Gasteiger partial charge in [-0.3, -0.25) is 4.79 Å². The van der Waals surface area contributed by atoms with Crippen molar-refractivity contribution in [1.29, 1.82) is 0 Å². The Hall–Kier alpha value is -1.31. The number of carbonyl (C=O) groups is 1. The Morgan fingerprint density at radius 3 is 2.67 bits per heavy atom. The summed E-state index contributed by atoms with van der Waals surface area (Å²) in [6.45, 7) is 2.20. The summed E-state index contributed by atoms with van der Waals surface area (Å²) in [6, 6.07) is 0. The normalized spacial score (nSPS) is 36.3. The molecule has 0 aromatic carbocycles. The number of carboxylic acids is 1. The molecule has 0 aromatic heterocycles.